The molecule has 2 N–H and O–H groups in total. The van der Waals surface area contributed by atoms with Gasteiger partial charge in [-0.05, 0) is 61.5 Å². The predicted octanol–water partition coefficient (Wildman–Crippen LogP) is 3.35. The lowest BCUT2D eigenvalue weighted by Crippen LogP contribution is -2.41. The standard InChI is InChI=1S/C21H18N4O7S4/c1-3-32-12-5-6-13-16(9-12)33-20(22-13)23-35(28,29)10-15(26)18-19(27)25-14-7-4-11(2)8-17(14)34-21(25)24-36(18,30)31/h4-9,26H,3,10H2,1-2H3,(H,22,23). The fourth-order valence-corrected chi connectivity index (χ4v) is 8.40. The van der Waals surface area contributed by atoms with E-state index in [4.69, 9.17) is 4.74 Å². The first-order valence-corrected chi connectivity index (χ1v) is 15.1. The van der Waals surface area contributed by atoms with Gasteiger partial charge < -0.3 is 9.84 Å². The quantitative estimate of drug-likeness (QED) is 0.337. The Kier molecular flexibility index (Phi) is 5.97. The van der Waals surface area contributed by atoms with Gasteiger partial charge in [-0.25, -0.2) is 13.4 Å². The van der Waals surface area contributed by atoms with Crippen molar-refractivity contribution in [3.05, 3.63) is 52.6 Å². The van der Waals surface area contributed by atoms with E-state index in [0.29, 0.717) is 33.2 Å². The molecule has 188 valence electrons. The van der Waals surface area contributed by atoms with E-state index in [0.717, 1.165) is 33.6 Å². The number of amidine groups is 1. The minimum Gasteiger partial charge on any atom is -0.509 e. The number of carbonyl (C=O) groups excluding carboxylic acids is 1. The number of nitrogens with zero attached hydrogens (tertiary/aromatic N) is 3. The number of carbonyl (C=O) groups is 1. The molecule has 15 heteroatoms. The molecule has 0 fully saturated rings. The highest BCUT2D eigenvalue weighted by Crippen LogP contribution is 2.44. The van der Waals surface area contributed by atoms with Crippen molar-refractivity contribution in [2.24, 2.45) is 4.40 Å². The van der Waals surface area contributed by atoms with Gasteiger partial charge in [-0.15, -0.1) is 4.40 Å². The lowest BCUT2D eigenvalue weighted by molar-refractivity contribution is -0.113. The van der Waals surface area contributed by atoms with Gasteiger partial charge >= 0.3 is 0 Å². The van der Waals surface area contributed by atoms with E-state index in [1.54, 1.807) is 36.4 Å². The second-order valence-corrected chi connectivity index (χ2v) is 13.1. The Morgan fingerprint density at radius 2 is 2.00 bits per heavy atom. The number of rotatable bonds is 6. The van der Waals surface area contributed by atoms with Crippen molar-refractivity contribution in [1.29, 1.82) is 0 Å². The average Bonchev–Trinajstić information content (AvgIpc) is 3.31. The van der Waals surface area contributed by atoms with E-state index in [9.17, 15) is 26.7 Å². The molecular formula is C21H18N4O7S4. The number of benzene rings is 2. The highest BCUT2D eigenvalue weighted by Gasteiger charge is 2.45. The van der Waals surface area contributed by atoms with Crippen molar-refractivity contribution in [2.75, 3.05) is 22.0 Å². The molecule has 5 rings (SSSR count). The lowest BCUT2D eigenvalue weighted by Gasteiger charge is -2.22. The number of aryl methyl sites for hydroxylation is 1. The summed E-state index contributed by atoms with van der Waals surface area (Å²) in [6, 6.07) is 10.2. The summed E-state index contributed by atoms with van der Waals surface area (Å²) in [5, 5.41) is 10.5. The van der Waals surface area contributed by atoms with Crippen molar-refractivity contribution in [1.82, 2.24) is 4.98 Å². The molecule has 2 aromatic carbocycles. The third-order valence-corrected chi connectivity index (χ3v) is 9.78. The van der Waals surface area contributed by atoms with Crippen LogP contribution in [0.25, 0.3) is 10.2 Å². The average molecular weight is 567 g/mol. The van der Waals surface area contributed by atoms with Gasteiger partial charge in [0.25, 0.3) is 15.9 Å². The van der Waals surface area contributed by atoms with Crippen molar-refractivity contribution in [2.45, 2.75) is 18.7 Å². The highest BCUT2D eigenvalue weighted by molar-refractivity contribution is 8.16. The van der Waals surface area contributed by atoms with Gasteiger partial charge in [-0.1, -0.05) is 17.4 Å². The van der Waals surface area contributed by atoms with Gasteiger partial charge in [-0.2, -0.15) is 8.42 Å². The number of aliphatic hydroxyl groups excluding tert-OH is 1. The molecule has 2 aliphatic rings. The summed E-state index contributed by atoms with van der Waals surface area (Å²) in [6.45, 7) is 4.15. The van der Waals surface area contributed by atoms with Crippen LogP contribution < -0.4 is 14.4 Å². The maximum Gasteiger partial charge on any atom is 0.293 e. The molecule has 36 heavy (non-hydrogen) atoms. The normalized spacial score (nSPS) is 18.0. The second-order valence-electron chi connectivity index (χ2n) is 7.78. The van der Waals surface area contributed by atoms with Crippen LogP contribution in [0.1, 0.15) is 12.5 Å². The summed E-state index contributed by atoms with van der Waals surface area (Å²) in [7, 11) is -8.99. The van der Waals surface area contributed by atoms with Crippen LogP contribution in [0.15, 0.2) is 56.4 Å². The number of thioether (sulfide) groups is 1. The van der Waals surface area contributed by atoms with Crippen molar-refractivity contribution >= 4 is 75.3 Å². The SMILES string of the molecule is CCOc1ccc2nc(NS(=O)(=O)CC(O)=C3C(=O)N4C(=NS3(=O)=O)Sc3cc(C)ccc34)sc2c1. The summed E-state index contributed by atoms with van der Waals surface area (Å²) in [4.78, 5) is 17.9. The Bertz CT molecular complexity index is 1710. The van der Waals surface area contributed by atoms with E-state index in [2.05, 4.69) is 14.1 Å². The number of ether oxygens (including phenoxy) is 1. The first-order valence-electron chi connectivity index (χ1n) is 10.4. The number of fused-ring (bicyclic) bond motifs is 4. The molecule has 0 spiro atoms. The summed E-state index contributed by atoms with van der Waals surface area (Å²) in [5.74, 6) is -2.78. The van der Waals surface area contributed by atoms with Gasteiger partial charge in [0.2, 0.25) is 10.0 Å². The molecule has 0 saturated carbocycles. The van der Waals surface area contributed by atoms with E-state index in [1.165, 1.54) is 0 Å². The van der Waals surface area contributed by atoms with Crippen LogP contribution in [0.2, 0.25) is 0 Å². The number of aliphatic hydroxyl groups is 1. The maximum absolute atomic E-state index is 13.2. The van der Waals surface area contributed by atoms with Crippen LogP contribution in [0.3, 0.4) is 0 Å². The van der Waals surface area contributed by atoms with Crippen molar-refractivity contribution in [3.63, 3.8) is 0 Å². The Hall–Kier alpha value is -3.14. The zero-order valence-corrected chi connectivity index (χ0v) is 22.0. The molecule has 2 aliphatic heterocycles. The van der Waals surface area contributed by atoms with Gasteiger partial charge in [0.15, 0.2) is 15.2 Å². The van der Waals surface area contributed by atoms with Crippen LogP contribution in [0.5, 0.6) is 5.75 Å². The number of nitrogens with one attached hydrogen (secondary N) is 1. The molecule has 0 bridgehead atoms. The molecule has 0 saturated heterocycles. The number of hydrogen-bond acceptors (Lipinski definition) is 10. The van der Waals surface area contributed by atoms with Gasteiger partial charge in [0.05, 0.1) is 22.5 Å². The predicted molar refractivity (Wildman–Crippen MR) is 139 cm³/mol. The summed E-state index contributed by atoms with van der Waals surface area (Å²) < 4.78 is 62.9. The molecular weight excluding hydrogens is 549 g/mol. The Balaban J connectivity index is 1.44. The number of sulfonamides is 2. The summed E-state index contributed by atoms with van der Waals surface area (Å²) >= 11 is 2.04. The molecule has 11 nitrogen and oxygen atoms in total. The molecule has 0 aliphatic carbocycles. The molecule has 3 aromatic rings. The number of amides is 1. The molecule has 0 atom stereocenters. The van der Waals surface area contributed by atoms with Crippen LogP contribution in [0, 0.1) is 6.92 Å². The minimum absolute atomic E-state index is 0.00910. The van der Waals surface area contributed by atoms with Crippen LogP contribution in [-0.2, 0) is 24.8 Å². The molecule has 1 aromatic heterocycles. The smallest absolute Gasteiger partial charge is 0.293 e. The van der Waals surface area contributed by atoms with Gasteiger partial charge in [0, 0.05) is 4.90 Å². The van der Waals surface area contributed by atoms with E-state index in [1.807, 2.05) is 13.8 Å². The molecule has 1 amide bonds. The van der Waals surface area contributed by atoms with Crippen molar-refractivity contribution in [3.8, 4) is 5.75 Å². The fourth-order valence-electron chi connectivity index (χ4n) is 3.64. The Labute approximate surface area is 214 Å². The lowest BCUT2D eigenvalue weighted by atomic mass is 10.2. The van der Waals surface area contributed by atoms with Crippen LogP contribution in [-0.4, -0.2) is 50.4 Å². The van der Waals surface area contributed by atoms with Gasteiger partial charge in [-0.3, -0.25) is 14.4 Å². The largest absolute Gasteiger partial charge is 0.509 e. The molecule has 0 unspecified atom stereocenters. The third-order valence-electron chi connectivity index (χ3n) is 5.10. The van der Waals surface area contributed by atoms with Crippen molar-refractivity contribution < 1.29 is 31.5 Å². The molecule has 0 radical (unpaired) electrons. The highest BCUT2D eigenvalue weighted by atomic mass is 32.2. The number of aromatic nitrogens is 1. The van der Waals surface area contributed by atoms with E-state index < -0.39 is 42.4 Å². The number of thiazole rings is 1. The molecule has 3 heterocycles. The number of hydrogen-bond donors (Lipinski definition) is 2. The Morgan fingerprint density at radius 1 is 1.22 bits per heavy atom. The zero-order chi connectivity index (χ0) is 25.8. The maximum atomic E-state index is 13.2. The summed E-state index contributed by atoms with van der Waals surface area (Å²) in [6.07, 6.45) is 0. The van der Waals surface area contributed by atoms with E-state index in [-0.39, 0.29) is 10.3 Å². The number of anilines is 2. The first kappa shape index (κ1) is 24.5. The van der Waals surface area contributed by atoms with Crippen LogP contribution in [0.4, 0.5) is 10.8 Å². The minimum atomic E-state index is -4.64. The summed E-state index contributed by atoms with van der Waals surface area (Å²) in [5.41, 5.74) is 1.82. The van der Waals surface area contributed by atoms with Crippen LogP contribution >= 0.6 is 23.1 Å². The zero-order valence-electron chi connectivity index (χ0n) is 18.7. The topological polar surface area (TPSA) is 155 Å². The third kappa shape index (κ3) is 4.42. The fraction of sp³-hybridized carbons (Fsp3) is 0.190. The van der Waals surface area contributed by atoms with Gasteiger partial charge in [0.1, 0.15) is 17.3 Å². The first-order chi connectivity index (χ1) is 17.0. The monoisotopic (exact) mass is 566 g/mol. The van der Waals surface area contributed by atoms with E-state index >= 15 is 0 Å². The second kappa shape index (κ2) is 8.76. The Morgan fingerprint density at radius 3 is 2.75 bits per heavy atom.